The molecule has 0 atom stereocenters. The fourth-order valence-corrected chi connectivity index (χ4v) is 5.80. The first-order chi connectivity index (χ1) is 14.9. The van der Waals surface area contributed by atoms with Gasteiger partial charge in [0, 0.05) is 60.1 Å². The van der Waals surface area contributed by atoms with Crippen molar-refractivity contribution in [2.45, 2.75) is 62.6 Å². The molecule has 0 unspecified atom stereocenters. The highest BCUT2D eigenvalue weighted by Gasteiger charge is 2.37. The normalized spacial score (nSPS) is 18.8. The summed E-state index contributed by atoms with van der Waals surface area (Å²) in [6.07, 6.45) is 5.56. The molecule has 1 aliphatic heterocycles. The smallest absolute Gasteiger partial charge is 0.242 e. The van der Waals surface area contributed by atoms with Crippen molar-refractivity contribution in [1.82, 2.24) is 24.6 Å². The van der Waals surface area contributed by atoms with Crippen LogP contribution in [0.15, 0.2) is 41.6 Å². The van der Waals surface area contributed by atoms with Gasteiger partial charge in [0.25, 0.3) is 0 Å². The summed E-state index contributed by atoms with van der Waals surface area (Å²) in [7, 11) is -0.438. The van der Waals surface area contributed by atoms with E-state index in [1.54, 1.807) is 18.3 Å². The second-order valence-electron chi connectivity index (χ2n) is 10.1. The van der Waals surface area contributed by atoms with Gasteiger partial charge in [0.2, 0.25) is 16.0 Å². The summed E-state index contributed by atoms with van der Waals surface area (Å²) >= 11 is 0. The molecule has 1 aromatic carbocycles. The SMILES string of the molecule is CN(C)S(=O)(=O)c1ccc2c(-c3ccnc(NC4CC(C)(C)NC(C)(C)C4)n3)c[nH]c2c1. The number of anilines is 1. The van der Waals surface area contributed by atoms with Gasteiger partial charge < -0.3 is 15.6 Å². The molecule has 0 bridgehead atoms. The van der Waals surface area contributed by atoms with Crippen LogP contribution in [0.4, 0.5) is 5.95 Å². The van der Waals surface area contributed by atoms with Crippen molar-refractivity contribution in [2.24, 2.45) is 0 Å². The maximum absolute atomic E-state index is 12.5. The Morgan fingerprint density at radius 1 is 1.09 bits per heavy atom. The Labute approximate surface area is 189 Å². The van der Waals surface area contributed by atoms with Gasteiger partial charge in [-0.2, -0.15) is 0 Å². The van der Waals surface area contributed by atoms with Crippen molar-refractivity contribution in [3.63, 3.8) is 0 Å². The molecule has 0 aliphatic carbocycles. The number of rotatable bonds is 5. The zero-order valence-electron chi connectivity index (χ0n) is 19.5. The number of fused-ring (bicyclic) bond motifs is 1. The Kier molecular flexibility index (Phi) is 5.55. The fraction of sp³-hybridized carbons (Fsp3) is 0.478. The van der Waals surface area contributed by atoms with Crippen molar-refractivity contribution < 1.29 is 8.42 Å². The molecule has 2 aromatic heterocycles. The van der Waals surface area contributed by atoms with Crippen LogP contribution >= 0.6 is 0 Å². The number of hydrogen-bond acceptors (Lipinski definition) is 6. The Morgan fingerprint density at radius 3 is 2.44 bits per heavy atom. The average Bonchev–Trinajstić information content (AvgIpc) is 3.08. The number of nitrogens with one attached hydrogen (secondary N) is 3. The molecule has 0 amide bonds. The van der Waals surface area contributed by atoms with Crippen molar-refractivity contribution >= 4 is 26.9 Å². The lowest BCUT2D eigenvalue weighted by atomic mass is 9.80. The highest BCUT2D eigenvalue weighted by molar-refractivity contribution is 7.89. The van der Waals surface area contributed by atoms with Crippen LogP contribution < -0.4 is 10.6 Å². The van der Waals surface area contributed by atoms with Gasteiger partial charge in [-0.15, -0.1) is 0 Å². The molecule has 3 aromatic rings. The van der Waals surface area contributed by atoms with E-state index in [4.69, 9.17) is 4.98 Å². The number of H-pyrrole nitrogens is 1. The van der Waals surface area contributed by atoms with Crippen molar-refractivity contribution in [1.29, 1.82) is 0 Å². The summed E-state index contributed by atoms with van der Waals surface area (Å²) in [5.41, 5.74) is 2.49. The first kappa shape index (κ1) is 22.7. The van der Waals surface area contributed by atoms with Gasteiger partial charge in [0.1, 0.15) is 0 Å². The van der Waals surface area contributed by atoms with Crippen LogP contribution in [0.5, 0.6) is 0 Å². The maximum atomic E-state index is 12.5. The molecule has 4 rings (SSSR count). The molecular formula is C23H32N6O2S. The standard InChI is InChI=1S/C23H32N6O2S/c1-22(2)12-15(13-23(3,4)28-22)26-21-24-10-9-19(27-21)18-14-25-20-11-16(7-8-17(18)20)32(30,31)29(5)6/h7-11,14-15,25,28H,12-13H2,1-6H3,(H,24,26,27). The largest absolute Gasteiger partial charge is 0.360 e. The summed E-state index contributed by atoms with van der Waals surface area (Å²) in [6.45, 7) is 8.88. The third-order valence-corrected chi connectivity index (χ3v) is 7.70. The van der Waals surface area contributed by atoms with E-state index in [-0.39, 0.29) is 22.0 Å². The maximum Gasteiger partial charge on any atom is 0.242 e. The van der Waals surface area contributed by atoms with Crippen molar-refractivity contribution in [3.05, 3.63) is 36.7 Å². The van der Waals surface area contributed by atoms with E-state index >= 15 is 0 Å². The molecular weight excluding hydrogens is 424 g/mol. The zero-order valence-corrected chi connectivity index (χ0v) is 20.3. The third kappa shape index (κ3) is 4.51. The number of piperidine rings is 1. The van der Waals surface area contributed by atoms with Crippen molar-refractivity contribution in [3.8, 4) is 11.3 Å². The van der Waals surface area contributed by atoms with Crippen LogP contribution in [0.3, 0.4) is 0 Å². The fourth-order valence-electron chi connectivity index (χ4n) is 4.87. The molecule has 3 heterocycles. The second kappa shape index (κ2) is 7.83. The highest BCUT2D eigenvalue weighted by Crippen LogP contribution is 2.32. The molecule has 0 radical (unpaired) electrons. The Hall–Kier alpha value is -2.49. The molecule has 1 aliphatic rings. The number of aromatic nitrogens is 3. The highest BCUT2D eigenvalue weighted by atomic mass is 32.2. The van der Waals surface area contributed by atoms with Gasteiger partial charge in [-0.25, -0.2) is 22.7 Å². The van der Waals surface area contributed by atoms with Gasteiger partial charge in [0.15, 0.2) is 0 Å². The summed E-state index contributed by atoms with van der Waals surface area (Å²) in [6, 6.07) is 7.25. The lowest BCUT2D eigenvalue weighted by molar-refractivity contribution is 0.170. The van der Waals surface area contributed by atoms with E-state index in [1.165, 1.54) is 18.4 Å². The van der Waals surface area contributed by atoms with Gasteiger partial charge in [-0.05, 0) is 58.7 Å². The van der Waals surface area contributed by atoms with Crippen LogP contribution in [0.1, 0.15) is 40.5 Å². The lowest BCUT2D eigenvalue weighted by Crippen LogP contribution is -2.60. The Bertz CT molecular complexity index is 1230. The minimum Gasteiger partial charge on any atom is -0.360 e. The molecule has 0 saturated carbocycles. The van der Waals surface area contributed by atoms with Gasteiger partial charge >= 0.3 is 0 Å². The minimum absolute atomic E-state index is 0.0263. The molecule has 172 valence electrons. The summed E-state index contributed by atoms with van der Waals surface area (Å²) < 4.78 is 26.1. The third-order valence-electron chi connectivity index (χ3n) is 5.89. The zero-order chi connectivity index (χ0) is 23.3. The summed E-state index contributed by atoms with van der Waals surface area (Å²) in [5, 5.41) is 8.13. The average molecular weight is 457 g/mol. The minimum atomic E-state index is -3.49. The molecule has 1 saturated heterocycles. The van der Waals surface area contributed by atoms with Crippen LogP contribution in [0, 0.1) is 0 Å². The quantitative estimate of drug-likeness (QED) is 0.542. The number of benzene rings is 1. The number of hydrogen-bond donors (Lipinski definition) is 3. The number of sulfonamides is 1. The second-order valence-corrected chi connectivity index (χ2v) is 12.3. The monoisotopic (exact) mass is 456 g/mol. The summed E-state index contributed by atoms with van der Waals surface area (Å²) in [4.78, 5) is 12.7. The van der Waals surface area contributed by atoms with E-state index in [2.05, 4.69) is 48.3 Å². The number of aromatic amines is 1. The lowest BCUT2D eigenvalue weighted by Gasteiger charge is -2.46. The summed E-state index contributed by atoms with van der Waals surface area (Å²) in [5.74, 6) is 0.599. The van der Waals surface area contributed by atoms with E-state index in [0.29, 0.717) is 5.95 Å². The Morgan fingerprint density at radius 2 is 1.78 bits per heavy atom. The molecule has 3 N–H and O–H groups in total. The molecule has 0 spiro atoms. The molecule has 8 nitrogen and oxygen atoms in total. The van der Waals surface area contributed by atoms with Crippen LogP contribution in [0.25, 0.3) is 22.2 Å². The predicted octanol–water partition coefficient (Wildman–Crippen LogP) is 3.60. The van der Waals surface area contributed by atoms with Crippen molar-refractivity contribution in [2.75, 3.05) is 19.4 Å². The molecule has 9 heteroatoms. The van der Waals surface area contributed by atoms with Gasteiger partial charge in [-0.1, -0.05) is 6.07 Å². The first-order valence-corrected chi connectivity index (χ1v) is 12.2. The van der Waals surface area contributed by atoms with E-state index in [0.717, 1.165) is 35.0 Å². The number of nitrogens with zero attached hydrogens (tertiary/aromatic N) is 3. The van der Waals surface area contributed by atoms with Crippen LogP contribution in [0.2, 0.25) is 0 Å². The molecule has 32 heavy (non-hydrogen) atoms. The van der Waals surface area contributed by atoms with Crippen LogP contribution in [-0.4, -0.2) is 58.9 Å². The first-order valence-electron chi connectivity index (χ1n) is 10.8. The van der Waals surface area contributed by atoms with E-state index < -0.39 is 10.0 Å². The van der Waals surface area contributed by atoms with Gasteiger partial charge in [0.05, 0.1) is 10.6 Å². The van der Waals surface area contributed by atoms with Crippen LogP contribution in [-0.2, 0) is 10.0 Å². The molecule has 1 fully saturated rings. The van der Waals surface area contributed by atoms with E-state index in [1.807, 2.05) is 18.3 Å². The van der Waals surface area contributed by atoms with E-state index in [9.17, 15) is 8.42 Å². The Balaban J connectivity index is 1.62. The van der Waals surface area contributed by atoms with Gasteiger partial charge in [-0.3, -0.25) is 0 Å². The predicted molar refractivity (Wildman–Crippen MR) is 128 cm³/mol. The topological polar surface area (TPSA) is 103 Å².